The Kier molecular flexibility index (Phi) is 6.63. The first-order valence-corrected chi connectivity index (χ1v) is 10.6. The first kappa shape index (κ1) is 22.1. The lowest BCUT2D eigenvalue weighted by Crippen LogP contribution is -2.39. The number of sulfonamides is 1. The Morgan fingerprint density at radius 2 is 1.93 bits per heavy atom. The van der Waals surface area contributed by atoms with E-state index in [0.717, 1.165) is 11.9 Å². The summed E-state index contributed by atoms with van der Waals surface area (Å²) in [5.41, 5.74) is 1.41. The molecule has 11 heteroatoms. The zero-order valence-corrected chi connectivity index (χ0v) is 17.9. The van der Waals surface area contributed by atoms with Crippen molar-refractivity contribution in [2.45, 2.75) is 20.0 Å². The average molecular weight is 448 g/mol. The van der Waals surface area contributed by atoms with E-state index in [0.29, 0.717) is 11.4 Å². The molecule has 1 unspecified atom stereocenters. The molecule has 1 atom stereocenters. The lowest BCUT2D eigenvalue weighted by Gasteiger charge is -2.17. The lowest BCUT2D eigenvalue weighted by molar-refractivity contribution is -0.125. The minimum atomic E-state index is -3.71. The number of carbonyl (C=O) groups excluding carboxylic acids is 1. The number of nitrogens with one attached hydrogen (secondary N) is 1. The molecule has 1 aromatic carbocycles. The molecule has 28 heavy (non-hydrogen) atoms. The van der Waals surface area contributed by atoms with E-state index in [1.54, 1.807) is 13.1 Å². The van der Waals surface area contributed by atoms with Crippen molar-refractivity contribution < 1.29 is 22.7 Å². The normalized spacial score (nSPS) is 12.4. The van der Waals surface area contributed by atoms with Gasteiger partial charge in [0, 0.05) is 13.1 Å². The summed E-state index contributed by atoms with van der Waals surface area (Å²) in [5.74, 6) is -0.128. The Labute approximate surface area is 173 Å². The van der Waals surface area contributed by atoms with Gasteiger partial charge >= 0.3 is 0 Å². The summed E-state index contributed by atoms with van der Waals surface area (Å²) < 4.78 is 37.1. The van der Waals surface area contributed by atoms with Crippen molar-refractivity contribution in [1.82, 2.24) is 14.5 Å². The number of hydrogen-bond acceptors (Lipinski definition) is 6. The molecule has 0 fully saturated rings. The number of halogens is 2. The quantitative estimate of drug-likeness (QED) is 0.698. The molecule has 0 aliphatic rings. The van der Waals surface area contributed by atoms with Crippen LogP contribution in [0.15, 0.2) is 18.7 Å². The minimum Gasteiger partial charge on any atom is -0.479 e. The molecule has 0 aliphatic heterocycles. The monoisotopic (exact) mass is 447 g/mol. The summed E-state index contributed by atoms with van der Waals surface area (Å²) in [4.78, 5) is 11.9. The van der Waals surface area contributed by atoms with Gasteiger partial charge in [-0.2, -0.15) is 5.10 Å². The molecule has 8 nitrogen and oxygen atoms in total. The van der Waals surface area contributed by atoms with Crippen LogP contribution in [0, 0.1) is 6.92 Å². The molecule has 1 heterocycles. The van der Waals surface area contributed by atoms with E-state index < -0.39 is 22.0 Å². The van der Waals surface area contributed by atoms with E-state index in [1.807, 2.05) is 11.6 Å². The maximum atomic E-state index is 11.9. The van der Waals surface area contributed by atoms with Gasteiger partial charge in [0.15, 0.2) is 11.9 Å². The van der Waals surface area contributed by atoms with Crippen LogP contribution in [0.25, 0.3) is 6.08 Å². The van der Waals surface area contributed by atoms with Crippen molar-refractivity contribution in [3.63, 3.8) is 0 Å². The molecule has 0 radical (unpaired) electrons. The highest BCUT2D eigenvalue weighted by molar-refractivity contribution is 7.89. The molecule has 0 saturated heterocycles. The standard InChI is InChI=1S/C17H19Cl2N3O5S/c1-6-11-9(2)20-22(4)17(11)27-15-8-14(12(18)7-13(15)19)26-10(3)16(23)21-28(5,24)25/h6-8,10H,1H2,2-5H3,(H,21,23). The van der Waals surface area contributed by atoms with Crippen LogP contribution in [0.1, 0.15) is 18.2 Å². The Balaban J connectivity index is 2.32. The molecule has 2 aromatic rings. The molecule has 0 spiro atoms. The van der Waals surface area contributed by atoms with E-state index in [4.69, 9.17) is 32.7 Å². The van der Waals surface area contributed by atoms with Crippen molar-refractivity contribution >= 4 is 45.2 Å². The Morgan fingerprint density at radius 1 is 1.32 bits per heavy atom. The zero-order valence-electron chi connectivity index (χ0n) is 15.6. The third kappa shape index (κ3) is 5.18. The van der Waals surface area contributed by atoms with Crippen LogP contribution >= 0.6 is 23.2 Å². The fourth-order valence-electron chi connectivity index (χ4n) is 2.30. The fraction of sp³-hybridized carbons (Fsp3) is 0.294. The molecular formula is C17H19Cl2N3O5S. The van der Waals surface area contributed by atoms with Gasteiger partial charge in [0.2, 0.25) is 15.9 Å². The largest absolute Gasteiger partial charge is 0.479 e. The maximum Gasteiger partial charge on any atom is 0.274 e. The molecule has 0 aliphatic carbocycles. The van der Waals surface area contributed by atoms with E-state index in [9.17, 15) is 13.2 Å². The topological polar surface area (TPSA) is 99.5 Å². The molecule has 0 bridgehead atoms. The van der Waals surface area contributed by atoms with Gasteiger partial charge in [-0.15, -0.1) is 0 Å². The van der Waals surface area contributed by atoms with Crippen LogP contribution in [-0.2, 0) is 21.9 Å². The molecule has 2 rings (SSSR count). The fourth-order valence-corrected chi connectivity index (χ4v) is 3.30. The van der Waals surface area contributed by atoms with Crippen molar-refractivity contribution in [2.75, 3.05) is 6.26 Å². The number of hydrogen-bond donors (Lipinski definition) is 1. The number of benzene rings is 1. The Morgan fingerprint density at radius 3 is 2.50 bits per heavy atom. The first-order valence-electron chi connectivity index (χ1n) is 7.94. The Hall–Kier alpha value is -2.23. The summed E-state index contributed by atoms with van der Waals surface area (Å²) >= 11 is 12.3. The molecule has 0 saturated carbocycles. The summed E-state index contributed by atoms with van der Waals surface area (Å²) in [6, 6.07) is 2.80. The van der Waals surface area contributed by atoms with Crippen molar-refractivity contribution in [1.29, 1.82) is 0 Å². The second-order valence-corrected chi connectivity index (χ2v) is 8.51. The van der Waals surface area contributed by atoms with Crippen LogP contribution in [0.2, 0.25) is 10.0 Å². The molecule has 1 N–H and O–H groups in total. The molecule has 1 amide bonds. The zero-order chi connectivity index (χ0) is 21.2. The predicted octanol–water partition coefficient (Wildman–Crippen LogP) is 3.31. The van der Waals surface area contributed by atoms with Crippen LogP contribution in [0.4, 0.5) is 0 Å². The van der Waals surface area contributed by atoms with Crippen molar-refractivity contribution in [3.05, 3.63) is 40.0 Å². The number of ether oxygens (including phenoxy) is 2. The van der Waals surface area contributed by atoms with Crippen molar-refractivity contribution in [3.8, 4) is 17.4 Å². The van der Waals surface area contributed by atoms with Gasteiger partial charge in [0.05, 0.1) is 27.6 Å². The number of nitrogens with zero attached hydrogens (tertiary/aromatic N) is 2. The van der Waals surface area contributed by atoms with Crippen molar-refractivity contribution in [2.24, 2.45) is 7.05 Å². The minimum absolute atomic E-state index is 0.0938. The van der Waals surface area contributed by atoms with Crippen LogP contribution in [-0.4, -0.2) is 36.5 Å². The lowest BCUT2D eigenvalue weighted by atomic mass is 10.2. The second-order valence-electron chi connectivity index (χ2n) is 5.95. The molecule has 1 aromatic heterocycles. The first-order chi connectivity index (χ1) is 12.9. The molecular weight excluding hydrogens is 429 g/mol. The predicted molar refractivity (Wildman–Crippen MR) is 108 cm³/mol. The number of rotatable bonds is 7. The van der Waals surface area contributed by atoms with Gasteiger partial charge in [-0.1, -0.05) is 35.9 Å². The average Bonchev–Trinajstić information content (AvgIpc) is 2.83. The van der Waals surface area contributed by atoms with Crippen LogP contribution in [0.3, 0.4) is 0 Å². The SMILES string of the molecule is C=Cc1c(C)nn(C)c1Oc1cc(OC(C)C(=O)NS(C)(=O)=O)c(Cl)cc1Cl. The third-order valence-electron chi connectivity index (χ3n) is 3.57. The summed E-state index contributed by atoms with van der Waals surface area (Å²) in [5, 5.41) is 4.60. The van der Waals surface area contributed by atoms with Gasteiger partial charge < -0.3 is 9.47 Å². The number of aromatic nitrogens is 2. The summed E-state index contributed by atoms with van der Waals surface area (Å²) in [7, 11) is -2.01. The number of amides is 1. The van der Waals surface area contributed by atoms with Crippen LogP contribution in [0.5, 0.6) is 17.4 Å². The number of aryl methyl sites for hydroxylation is 2. The van der Waals surface area contributed by atoms with Gasteiger partial charge in [-0.05, 0) is 19.9 Å². The third-order valence-corrected chi connectivity index (χ3v) is 4.73. The van der Waals surface area contributed by atoms with Gasteiger partial charge in [0.25, 0.3) is 5.91 Å². The van der Waals surface area contributed by atoms with E-state index >= 15 is 0 Å². The second kappa shape index (κ2) is 8.42. The highest BCUT2D eigenvalue weighted by Crippen LogP contribution is 2.39. The highest BCUT2D eigenvalue weighted by atomic mass is 35.5. The van der Waals surface area contributed by atoms with Gasteiger partial charge in [0.1, 0.15) is 5.75 Å². The van der Waals surface area contributed by atoms with E-state index in [-0.39, 0.29) is 21.5 Å². The van der Waals surface area contributed by atoms with Gasteiger partial charge in [-0.3, -0.25) is 9.52 Å². The van der Waals surface area contributed by atoms with Crippen LogP contribution < -0.4 is 14.2 Å². The summed E-state index contributed by atoms with van der Waals surface area (Å²) in [6.07, 6.45) is 1.34. The van der Waals surface area contributed by atoms with E-state index in [2.05, 4.69) is 11.7 Å². The van der Waals surface area contributed by atoms with E-state index in [1.165, 1.54) is 23.7 Å². The highest BCUT2D eigenvalue weighted by Gasteiger charge is 2.21. The smallest absolute Gasteiger partial charge is 0.274 e. The summed E-state index contributed by atoms with van der Waals surface area (Å²) in [6.45, 7) is 6.93. The Bertz CT molecular complexity index is 1030. The number of carbonyl (C=O) groups is 1. The van der Waals surface area contributed by atoms with Gasteiger partial charge in [-0.25, -0.2) is 13.1 Å². The maximum absolute atomic E-state index is 11.9. The molecule has 152 valence electrons.